The van der Waals surface area contributed by atoms with E-state index in [1.165, 1.54) is 11.3 Å². The summed E-state index contributed by atoms with van der Waals surface area (Å²) < 4.78 is 29.0. The fraction of sp³-hybridized carbons (Fsp3) is 0.286. The molecule has 0 aliphatic heterocycles. The van der Waals surface area contributed by atoms with Crippen molar-refractivity contribution in [3.8, 4) is 0 Å². The Kier molecular flexibility index (Phi) is 3.75. The highest BCUT2D eigenvalue weighted by molar-refractivity contribution is 7.89. The molecule has 0 unspecified atom stereocenters. The van der Waals surface area contributed by atoms with Gasteiger partial charge in [-0.1, -0.05) is 29.0 Å². The van der Waals surface area contributed by atoms with Crippen LogP contribution in [0.25, 0.3) is 4.96 Å². The monoisotopic (exact) mass is 336 g/mol. The Balaban J connectivity index is 1.86. The predicted octanol–water partition coefficient (Wildman–Crippen LogP) is 2.19. The van der Waals surface area contributed by atoms with Crippen molar-refractivity contribution in [1.29, 1.82) is 0 Å². The predicted molar refractivity (Wildman–Crippen MR) is 85.5 cm³/mol. The van der Waals surface area contributed by atoms with Crippen molar-refractivity contribution in [2.45, 2.75) is 32.2 Å². The van der Waals surface area contributed by atoms with E-state index < -0.39 is 10.0 Å². The minimum Gasteiger partial charge on any atom is -0.223 e. The van der Waals surface area contributed by atoms with Crippen molar-refractivity contribution >= 4 is 26.3 Å². The number of nitrogens with one attached hydrogen (secondary N) is 1. The Morgan fingerprint density at radius 2 is 1.86 bits per heavy atom. The molecule has 0 aliphatic carbocycles. The van der Waals surface area contributed by atoms with Crippen LogP contribution >= 0.6 is 11.3 Å². The first-order chi connectivity index (χ1) is 10.4. The summed E-state index contributed by atoms with van der Waals surface area (Å²) in [6.07, 6.45) is 0. The molecule has 2 aromatic heterocycles. The van der Waals surface area contributed by atoms with Crippen LogP contribution in [0, 0.1) is 20.8 Å². The first-order valence-corrected chi connectivity index (χ1v) is 9.05. The molecular weight excluding hydrogens is 320 g/mol. The first kappa shape index (κ1) is 15.1. The Morgan fingerprint density at radius 3 is 2.55 bits per heavy atom. The van der Waals surface area contributed by atoms with Crippen LogP contribution in [-0.4, -0.2) is 23.0 Å². The van der Waals surface area contributed by atoms with E-state index in [-0.39, 0.29) is 11.4 Å². The normalized spacial score (nSPS) is 12.1. The summed E-state index contributed by atoms with van der Waals surface area (Å²) >= 11 is 1.48. The Hall–Kier alpha value is -1.77. The highest BCUT2D eigenvalue weighted by atomic mass is 32.2. The van der Waals surface area contributed by atoms with Gasteiger partial charge in [0.15, 0.2) is 0 Å². The fourth-order valence-corrected chi connectivity index (χ4v) is 3.95. The molecule has 1 aromatic carbocycles. The lowest BCUT2D eigenvalue weighted by molar-refractivity contribution is 0.579. The highest BCUT2D eigenvalue weighted by Crippen LogP contribution is 2.18. The van der Waals surface area contributed by atoms with Gasteiger partial charge in [0.2, 0.25) is 15.0 Å². The van der Waals surface area contributed by atoms with Gasteiger partial charge >= 0.3 is 0 Å². The number of hydrogen-bond donors (Lipinski definition) is 1. The number of aromatic nitrogens is 3. The minimum absolute atomic E-state index is 0.159. The third kappa shape index (κ3) is 2.77. The van der Waals surface area contributed by atoms with Crippen molar-refractivity contribution < 1.29 is 8.42 Å². The summed E-state index contributed by atoms with van der Waals surface area (Å²) in [7, 11) is -3.55. The molecule has 0 aliphatic rings. The van der Waals surface area contributed by atoms with Gasteiger partial charge in [0.05, 0.1) is 22.8 Å². The second-order valence-corrected chi connectivity index (χ2v) is 8.02. The van der Waals surface area contributed by atoms with Crippen LogP contribution in [-0.2, 0) is 16.6 Å². The van der Waals surface area contributed by atoms with Gasteiger partial charge in [-0.05, 0) is 32.9 Å². The maximum Gasteiger partial charge on any atom is 0.240 e. The van der Waals surface area contributed by atoms with Gasteiger partial charge in [0.1, 0.15) is 5.01 Å². The molecular formula is C14H16N4O2S2. The van der Waals surface area contributed by atoms with Crippen LogP contribution in [0.3, 0.4) is 0 Å². The summed E-state index contributed by atoms with van der Waals surface area (Å²) in [6, 6.07) is 6.76. The quantitative estimate of drug-likeness (QED) is 0.792. The molecule has 0 saturated carbocycles. The van der Waals surface area contributed by atoms with Gasteiger partial charge in [0.25, 0.3) is 0 Å². The van der Waals surface area contributed by atoms with E-state index in [0.29, 0.717) is 0 Å². The molecule has 6 nitrogen and oxygen atoms in total. The van der Waals surface area contributed by atoms with Crippen molar-refractivity contribution in [3.63, 3.8) is 0 Å². The second-order valence-electron chi connectivity index (χ2n) is 5.10. The largest absolute Gasteiger partial charge is 0.240 e. The number of rotatable bonds is 4. The lowest BCUT2D eigenvalue weighted by Gasteiger charge is -2.07. The molecule has 3 rings (SSSR count). The summed E-state index contributed by atoms with van der Waals surface area (Å²) in [5.41, 5.74) is 2.56. The zero-order chi connectivity index (χ0) is 15.9. The van der Waals surface area contributed by atoms with Crippen LogP contribution in [0.4, 0.5) is 0 Å². The van der Waals surface area contributed by atoms with E-state index in [2.05, 4.69) is 14.8 Å². The summed E-state index contributed by atoms with van der Waals surface area (Å²) in [4.78, 5) is 5.44. The van der Waals surface area contributed by atoms with E-state index in [1.54, 1.807) is 28.8 Å². The molecule has 0 spiro atoms. The fourth-order valence-electron chi connectivity index (χ4n) is 2.15. The molecule has 2 heterocycles. The zero-order valence-corrected chi connectivity index (χ0v) is 14.1. The number of fused-ring (bicyclic) bond motifs is 1. The van der Waals surface area contributed by atoms with E-state index >= 15 is 0 Å². The molecule has 0 amide bonds. The maximum atomic E-state index is 12.3. The van der Waals surface area contributed by atoms with Crippen LogP contribution in [0.1, 0.15) is 22.0 Å². The van der Waals surface area contributed by atoms with Gasteiger partial charge in [-0.3, -0.25) is 0 Å². The van der Waals surface area contributed by atoms with Crippen molar-refractivity contribution in [3.05, 3.63) is 46.2 Å². The number of benzene rings is 1. The van der Waals surface area contributed by atoms with Gasteiger partial charge in [-0.2, -0.15) is 5.10 Å². The average Bonchev–Trinajstić information content (AvgIpc) is 2.92. The van der Waals surface area contributed by atoms with Crippen LogP contribution < -0.4 is 4.72 Å². The maximum absolute atomic E-state index is 12.3. The summed E-state index contributed by atoms with van der Waals surface area (Å²) in [6.45, 7) is 5.83. The molecule has 3 aromatic rings. The molecule has 0 bridgehead atoms. The number of aryl methyl sites for hydroxylation is 3. The van der Waals surface area contributed by atoms with Crippen molar-refractivity contribution in [2.75, 3.05) is 0 Å². The van der Waals surface area contributed by atoms with Gasteiger partial charge in [-0.25, -0.2) is 22.6 Å². The lowest BCUT2D eigenvalue weighted by Crippen LogP contribution is -2.24. The minimum atomic E-state index is -3.55. The van der Waals surface area contributed by atoms with Gasteiger partial charge in [-0.15, -0.1) is 0 Å². The topological polar surface area (TPSA) is 76.4 Å². The molecule has 22 heavy (non-hydrogen) atoms. The Bertz CT molecular complexity index is 924. The number of imidazole rings is 1. The average molecular weight is 336 g/mol. The lowest BCUT2D eigenvalue weighted by atomic mass is 10.2. The number of sulfonamides is 1. The molecule has 0 radical (unpaired) electrons. The van der Waals surface area contributed by atoms with Crippen molar-refractivity contribution in [2.24, 2.45) is 0 Å². The van der Waals surface area contributed by atoms with Crippen molar-refractivity contribution in [1.82, 2.24) is 19.3 Å². The Morgan fingerprint density at radius 1 is 1.18 bits per heavy atom. The standard InChI is InChI=1S/C14H16N4O2S2/c1-9-4-6-12(7-5-9)22(19,20)15-8-13-10(2)16-14-18(13)17-11(3)21-14/h4-7,15H,8H2,1-3H3. The molecule has 116 valence electrons. The van der Waals surface area contributed by atoms with Crippen LogP contribution in [0.15, 0.2) is 29.2 Å². The van der Waals surface area contributed by atoms with E-state index in [4.69, 9.17) is 0 Å². The Labute approximate surface area is 132 Å². The highest BCUT2D eigenvalue weighted by Gasteiger charge is 2.17. The molecule has 1 N–H and O–H groups in total. The number of hydrogen-bond acceptors (Lipinski definition) is 5. The van der Waals surface area contributed by atoms with Crippen LogP contribution in [0.5, 0.6) is 0 Å². The van der Waals surface area contributed by atoms with Crippen LogP contribution in [0.2, 0.25) is 0 Å². The smallest absolute Gasteiger partial charge is 0.223 e. The number of nitrogens with zero attached hydrogens (tertiary/aromatic N) is 3. The SMILES string of the molecule is Cc1ccc(S(=O)(=O)NCc2c(C)nc3sc(C)nn23)cc1. The second kappa shape index (κ2) is 5.45. The third-order valence-corrected chi connectivity index (χ3v) is 5.60. The van der Waals surface area contributed by atoms with Gasteiger partial charge < -0.3 is 0 Å². The molecule has 0 saturated heterocycles. The molecule has 0 atom stereocenters. The molecule has 8 heteroatoms. The van der Waals surface area contributed by atoms with E-state index in [9.17, 15) is 8.42 Å². The summed E-state index contributed by atoms with van der Waals surface area (Å²) in [5.74, 6) is 0. The molecule has 0 fully saturated rings. The third-order valence-electron chi connectivity index (χ3n) is 3.36. The van der Waals surface area contributed by atoms with Gasteiger partial charge in [0, 0.05) is 0 Å². The zero-order valence-electron chi connectivity index (χ0n) is 12.5. The van der Waals surface area contributed by atoms with E-state index in [1.807, 2.05) is 20.8 Å². The van der Waals surface area contributed by atoms with E-state index in [0.717, 1.165) is 26.9 Å². The summed E-state index contributed by atoms with van der Waals surface area (Å²) in [5, 5.41) is 5.25. The first-order valence-electron chi connectivity index (χ1n) is 6.75.